The molecular weight excluding hydrogens is 360 g/mol. The minimum absolute atomic E-state index is 0.118. The minimum Gasteiger partial charge on any atom is -0.489 e. The Balaban J connectivity index is 1.46. The second kappa shape index (κ2) is 9.28. The number of rotatable bonds is 6. The largest absolute Gasteiger partial charge is 0.489 e. The fourth-order valence-corrected chi connectivity index (χ4v) is 3.68. The number of carbonyl (C=O) groups excluding carboxylic acids is 1. The van der Waals surface area contributed by atoms with Crippen LogP contribution in [0.25, 0.3) is 0 Å². The van der Waals surface area contributed by atoms with Gasteiger partial charge in [0, 0.05) is 35.6 Å². The highest BCUT2D eigenvalue weighted by Gasteiger charge is 2.14. The Morgan fingerprint density at radius 2 is 1.62 bits per heavy atom. The third kappa shape index (κ3) is 4.96. The lowest BCUT2D eigenvalue weighted by Crippen LogP contribution is -2.29. The summed E-state index contributed by atoms with van der Waals surface area (Å²) in [5.74, 6) is 0.671. The molecule has 0 saturated carbocycles. The van der Waals surface area contributed by atoms with Crippen molar-refractivity contribution in [2.75, 3.05) is 23.3 Å². The van der Waals surface area contributed by atoms with E-state index in [0.29, 0.717) is 12.2 Å². The lowest BCUT2D eigenvalue weighted by molar-refractivity contribution is 0.102. The minimum atomic E-state index is -0.118. The predicted molar refractivity (Wildman–Crippen MR) is 118 cm³/mol. The van der Waals surface area contributed by atoms with Crippen LogP contribution >= 0.6 is 0 Å². The first kappa shape index (κ1) is 19.1. The number of nitrogens with one attached hydrogen (secondary N) is 1. The summed E-state index contributed by atoms with van der Waals surface area (Å²) < 4.78 is 5.84. The Hall–Kier alpha value is -3.27. The third-order valence-electron chi connectivity index (χ3n) is 5.22. The van der Waals surface area contributed by atoms with E-state index in [4.69, 9.17) is 4.74 Å². The molecule has 1 aliphatic heterocycles. The number of nitrogens with zero attached hydrogens (tertiary/aromatic N) is 1. The number of benzene rings is 3. The van der Waals surface area contributed by atoms with Gasteiger partial charge in [-0.25, -0.2) is 0 Å². The van der Waals surface area contributed by atoms with Gasteiger partial charge < -0.3 is 15.0 Å². The predicted octanol–water partition coefficient (Wildman–Crippen LogP) is 5.51. The fraction of sp³-hybridized carbons (Fsp3) is 0.240. The van der Waals surface area contributed by atoms with Crippen LogP contribution in [-0.2, 0) is 6.61 Å². The van der Waals surface area contributed by atoms with Crippen molar-refractivity contribution in [2.45, 2.75) is 25.9 Å². The monoisotopic (exact) mass is 386 g/mol. The SMILES string of the molecule is O=C(Nc1cccc(N2CCCCC2)c1)c1ccccc1COc1ccccc1. The molecule has 4 heteroatoms. The van der Waals surface area contributed by atoms with Gasteiger partial charge in [0.15, 0.2) is 0 Å². The van der Waals surface area contributed by atoms with E-state index >= 15 is 0 Å². The number of amides is 1. The zero-order valence-electron chi connectivity index (χ0n) is 16.5. The molecule has 148 valence electrons. The molecule has 4 rings (SSSR count). The molecule has 3 aromatic rings. The molecule has 1 heterocycles. The Morgan fingerprint density at radius 3 is 2.45 bits per heavy atom. The molecule has 1 aliphatic rings. The highest BCUT2D eigenvalue weighted by molar-refractivity contribution is 6.05. The van der Waals surface area contributed by atoms with Gasteiger partial charge in [-0.2, -0.15) is 0 Å². The maximum absolute atomic E-state index is 13.0. The van der Waals surface area contributed by atoms with E-state index in [-0.39, 0.29) is 5.91 Å². The van der Waals surface area contributed by atoms with Crippen LogP contribution in [0.3, 0.4) is 0 Å². The van der Waals surface area contributed by atoms with E-state index in [2.05, 4.69) is 22.3 Å². The molecule has 29 heavy (non-hydrogen) atoms. The average Bonchev–Trinajstić information content (AvgIpc) is 2.79. The average molecular weight is 386 g/mol. The smallest absolute Gasteiger partial charge is 0.256 e. The van der Waals surface area contributed by atoms with Gasteiger partial charge >= 0.3 is 0 Å². The molecule has 1 N–H and O–H groups in total. The molecule has 4 nitrogen and oxygen atoms in total. The molecule has 0 aromatic heterocycles. The molecule has 1 amide bonds. The standard InChI is InChI=1S/C25H26N2O2/c28-25(26-21-11-9-12-22(18-21)27-16-7-2-8-17-27)24-15-6-5-10-20(24)19-29-23-13-3-1-4-14-23/h1,3-6,9-15,18H,2,7-8,16-17,19H2,(H,26,28). The fourth-order valence-electron chi connectivity index (χ4n) is 3.68. The highest BCUT2D eigenvalue weighted by Crippen LogP contribution is 2.24. The number of hydrogen-bond donors (Lipinski definition) is 1. The van der Waals surface area contributed by atoms with Gasteiger partial charge in [-0.05, 0) is 55.7 Å². The molecule has 1 fully saturated rings. The maximum atomic E-state index is 13.0. The summed E-state index contributed by atoms with van der Waals surface area (Å²) in [6.07, 6.45) is 3.76. The van der Waals surface area contributed by atoms with E-state index in [1.165, 1.54) is 24.9 Å². The quantitative estimate of drug-likeness (QED) is 0.607. The zero-order chi connectivity index (χ0) is 19.9. The maximum Gasteiger partial charge on any atom is 0.256 e. The Labute approximate surface area is 172 Å². The van der Waals surface area contributed by atoms with Crippen molar-refractivity contribution in [1.82, 2.24) is 0 Å². The first-order chi connectivity index (χ1) is 14.3. The first-order valence-electron chi connectivity index (χ1n) is 10.2. The number of hydrogen-bond acceptors (Lipinski definition) is 3. The second-order valence-corrected chi connectivity index (χ2v) is 7.31. The normalized spacial score (nSPS) is 13.7. The van der Waals surface area contributed by atoms with Crippen LogP contribution in [0, 0.1) is 0 Å². The molecule has 0 spiro atoms. The van der Waals surface area contributed by atoms with Crippen molar-refractivity contribution in [3.8, 4) is 5.75 Å². The van der Waals surface area contributed by atoms with Gasteiger partial charge in [0.1, 0.15) is 12.4 Å². The van der Waals surface area contributed by atoms with Crippen molar-refractivity contribution >= 4 is 17.3 Å². The Morgan fingerprint density at radius 1 is 0.862 bits per heavy atom. The lowest BCUT2D eigenvalue weighted by atomic mass is 10.1. The summed E-state index contributed by atoms with van der Waals surface area (Å²) in [6.45, 7) is 2.51. The lowest BCUT2D eigenvalue weighted by Gasteiger charge is -2.29. The Kier molecular flexibility index (Phi) is 6.10. The van der Waals surface area contributed by atoms with Crippen molar-refractivity contribution in [1.29, 1.82) is 0 Å². The van der Waals surface area contributed by atoms with Gasteiger partial charge in [-0.1, -0.05) is 42.5 Å². The van der Waals surface area contributed by atoms with Crippen molar-refractivity contribution in [2.24, 2.45) is 0 Å². The van der Waals surface area contributed by atoms with Crippen LogP contribution in [0.5, 0.6) is 5.75 Å². The summed E-state index contributed by atoms with van der Waals surface area (Å²) in [6, 6.07) is 25.3. The second-order valence-electron chi connectivity index (χ2n) is 7.31. The molecule has 3 aromatic carbocycles. The number of piperidine rings is 1. The number of para-hydroxylation sites is 1. The zero-order valence-corrected chi connectivity index (χ0v) is 16.5. The summed E-state index contributed by atoms with van der Waals surface area (Å²) in [7, 11) is 0. The molecule has 0 bridgehead atoms. The summed E-state index contributed by atoms with van der Waals surface area (Å²) in [4.78, 5) is 15.3. The van der Waals surface area contributed by atoms with Crippen LogP contribution in [0.1, 0.15) is 35.2 Å². The van der Waals surface area contributed by atoms with Gasteiger partial charge in [0.25, 0.3) is 5.91 Å². The molecule has 0 aliphatic carbocycles. The summed E-state index contributed by atoms with van der Waals surface area (Å²) in [5.41, 5.74) is 3.48. The van der Waals surface area contributed by atoms with E-state index in [1.54, 1.807) is 0 Å². The van der Waals surface area contributed by atoms with Crippen molar-refractivity contribution in [3.63, 3.8) is 0 Å². The van der Waals surface area contributed by atoms with Crippen molar-refractivity contribution in [3.05, 3.63) is 90.0 Å². The molecule has 0 atom stereocenters. The highest BCUT2D eigenvalue weighted by atomic mass is 16.5. The van der Waals surface area contributed by atoms with Crippen LogP contribution in [0.2, 0.25) is 0 Å². The van der Waals surface area contributed by atoms with Crippen molar-refractivity contribution < 1.29 is 9.53 Å². The number of carbonyl (C=O) groups is 1. The van der Waals surface area contributed by atoms with E-state index in [1.807, 2.05) is 66.7 Å². The number of ether oxygens (including phenoxy) is 1. The van der Waals surface area contributed by atoms with Gasteiger partial charge in [0.05, 0.1) is 0 Å². The van der Waals surface area contributed by atoms with Crippen LogP contribution in [0.4, 0.5) is 11.4 Å². The van der Waals surface area contributed by atoms with Crippen LogP contribution in [0.15, 0.2) is 78.9 Å². The molecule has 0 unspecified atom stereocenters. The van der Waals surface area contributed by atoms with Gasteiger partial charge in [-0.3, -0.25) is 4.79 Å². The molecule has 0 radical (unpaired) electrons. The molecular formula is C25H26N2O2. The number of anilines is 2. The summed E-state index contributed by atoms with van der Waals surface area (Å²) in [5, 5.41) is 3.06. The Bertz CT molecular complexity index is 950. The first-order valence-corrected chi connectivity index (χ1v) is 10.2. The summed E-state index contributed by atoms with van der Waals surface area (Å²) >= 11 is 0. The van der Waals surface area contributed by atoms with E-state index in [0.717, 1.165) is 30.1 Å². The van der Waals surface area contributed by atoms with Gasteiger partial charge in [0.2, 0.25) is 0 Å². The topological polar surface area (TPSA) is 41.6 Å². The van der Waals surface area contributed by atoms with Crippen LogP contribution in [-0.4, -0.2) is 19.0 Å². The van der Waals surface area contributed by atoms with Gasteiger partial charge in [-0.15, -0.1) is 0 Å². The third-order valence-corrected chi connectivity index (χ3v) is 5.22. The van der Waals surface area contributed by atoms with E-state index in [9.17, 15) is 4.79 Å². The van der Waals surface area contributed by atoms with E-state index < -0.39 is 0 Å². The molecule has 1 saturated heterocycles. The van der Waals surface area contributed by atoms with Crippen LogP contribution < -0.4 is 15.0 Å².